The van der Waals surface area contributed by atoms with Gasteiger partial charge in [0.2, 0.25) is 5.91 Å². The second-order valence-electron chi connectivity index (χ2n) is 3.04. The topological polar surface area (TPSA) is 83.9 Å². The quantitative estimate of drug-likeness (QED) is 0.797. The molecular formula is C10H5F3N2O2. The van der Waals surface area contributed by atoms with Crippen LogP contribution in [0, 0.1) is 11.3 Å². The van der Waals surface area contributed by atoms with E-state index in [1.807, 2.05) is 0 Å². The minimum atomic E-state index is -4.78. The Balaban J connectivity index is 3.68. The molecule has 0 aromatic heterocycles. The molecule has 7 heteroatoms. The van der Waals surface area contributed by atoms with Gasteiger partial charge in [0.25, 0.3) is 0 Å². The zero-order valence-corrected chi connectivity index (χ0v) is 8.21. The van der Waals surface area contributed by atoms with E-state index in [2.05, 4.69) is 0 Å². The van der Waals surface area contributed by atoms with Crippen molar-refractivity contribution in [3.63, 3.8) is 0 Å². The highest BCUT2D eigenvalue weighted by Crippen LogP contribution is 2.33. The molecule has 0 fully saturated rings. The van der Waals surface area contributed by atoms with Crippen LogP contribution < -0.4 is 5.73 Å². The van der Waals surface area contributed by atoms with Crippen LogP contribution in [-0.2, 0) is 6.18 Å². The van der Waals surface area contributed by atoms with Gasteiger partial charge in [0.15, 0.2) is 6.29 Å². The first kappa shape index (κ1) is 12.7. The fourth-order valence-corrected chi connectivity index (χ4v) is 1.31. The highest BCUT2D eigenvalue weighted by Gasteiger charge is 2.35. The van der Waals surface area contributed by atoms with Crippen molar-refractivity contribution in [1.29, 1.82) is 5.26 Å². The number of hydrogen-bond donors (Lipinski definition) is 1. The van der Waals surface area contributed by atoms with Gasteiger partial charge in [-0.25, -0.2) is 0 Å². The summed E-state index contributed by atoms with van der Waals surface area (Å²) in [5.74, 6) is -1.07. The van der Waals surface area contributed by atoms with Crippen molar-refractivity contribution < 1.29 is 22.8 Å². The van der Waals surface area contributed by atoms with Crippen molar-refractivity contribution in [2.75, 3.05) is 0 Å². The van der Waals surface area contributed by atoms with Gasteiger partial charge in [0.05, 0.1) is 16.7 Å². The molecule has 1 amide bonds. The summed E-state index contributed by atoms with van der Waals surface area (Å²) in [6, 6.07) is 2.70. The Morgan fingerprint density at radius 1 is 1.41 bits per heavy atom. The van der Waals surface area contributed by atoms with Crippen molar-refractivity contribution in [2.45, 2.75) is 6.18 Å². The van der Waals surface area contributed by atoms with Crippen LogP contribution in [0.25, 0.3) is 0 Å². The molecule has 0 aliphatic heterocycles. The number of rotatable bonds is 2. The van der Waals surface area contributed by atoms with Gasteiger partial charge in [-0.05, 0) is 12.1 Å². The summed E-state index contributed by atoms with van der Waals surface area (Å²) in [6.45, 7) is 0. The van der Waals surface area contributed by atoms with Crippen LogP contribution in [0.4, 0.5) is 13.2 Å². The monoisotopic (exact) mass is 242 g/mol. The smallest absolute Gasteiger partial charge is 0.366 e. The number of benzene rings is 1. The fourth-order valence-electron chi connectivity index (χ4n) is 1.31. The third-order valence-electron chi connectivity index (χ3n) is 2.05. The molecule has 1 aromatic carbocycles. The lowest BCUT2D eigenvalue weighted by Crippen LogP contribution is -2.17. The van der Waals surface area contributed by atoms with E-state index in [1.165, 1.54) is 6.07 Å². The van der Waals surface area contributed by atoms with Crippen molar-refractivity contribution in [3.05, 3.63) is 34.4 Å². The second-order valence-corrected chi connectivity index (χ2v) is 3.04. The number of nitriles is 1. The van der Waals surface area contributed by atoms with Gasteiger partial charge >= 0.3 is 6.18 Å². The SMILES string of the molecule is N#Cc1c(C(N)=O)ccc(C(F)(F)F)c1C=O. The number of nitrogens with zero attached hydrogens (tertiary/aromatic N) is 1. The van der Waals surface area contributed by atoms with Gasteiger partial charge in [-0.1, -0.05) is 0 Å². The summed E-state index contributed by atoms with van der Waals surface area (Å²) in [5.41, 5.74) is 1.66. The number of halogens is 3. The lowest BCUT2D eigenvalue weighted by molar-refractivity contribution is -0.137. The van der Waals surface area contributed by atoms with Crippen molar-refractivity contribution in [1.82, 2.24) is 0 Å². The number of aldehydes is 1. The average Bonchev–Trinajstić information content (AvgIpc) is 2.25. The van der Waals surface area contributed by atoms with Crippen LogP contribution in [0.2, 0.25) is 0 Å². The summed E-state index contributed by atoms with van der Waals surface area (Å²) >= 11 is 0. The van der Waals surface area contributed by atoms with Gasteiger partial charge < -0.3 is 5.73 Å². The zero-order chi connectivity index (χ0) is 13.2. The molecule has 88 valence electrons. The molecule has 0 saturated carbocycles. The molecule has 0 spiro atoms. The Hall–Kier alpha value is -2.36. The Morgan fingerprint density at radius 3 is 2.35 bits per heavy atom. The molecule has 1 rings (SSSR count). The van der Waals surface area contributed by atoms with E-state index in [-0.39, 0.29) is 6.29 Å². The minimum Gasteiger partial charge on any atom is -0.366 e. The lowest BCUT2D eigenvalue weighted by atomic mass is 9.96. The first-order valence-electron chi connectivity index (χ1n) is 4.22. The largest absolute Gasteiger partial charge is 0.417 e. The summed E-state index contributed by atoms with van der Waals surface area (Å²) in [5, 5.41) is 8.69. The Kier molecular flexibility index (Phi) is 3.18. The number of hydrogen-bond acceptors (Lipinski definition) is 3. The maximum Gasteiger partial charge on any atom is 0.417 e. The highest BCUT2D eigenvalue weighted by atomic mass is 19.4. The normalized spacial score (nSPS) is 10.7. The minimum absolute atomic E-state index is 0.117. The van der Waals surface area contributed by atoms with Crippen LogP contribution in [0.3, 0.4) is 0 Å². The maximum atomic E-state index is 12.5. The van der Waals surface area contributed by atoms with E-state index < -0.39 is 34.3 Å². The number of nitrogens with two attached hydrogens (primary N) is 1. The molecule has 0 atom stereocenters. The molecule has 0 aliphatic rings. The second kappa shape index (κ2) is 4.25. The Labute approximate surface area is 93.4 Å². The number of carbonyl (C=O) groups is 2. The maximum absolute atomic E-state index is 12.5. The summed E-state index contributed by atoms with van der Waals surface area (Å²) in [6.07, 6.45) is -4.90. The molecule has 17 heavy (non-hydrogen) atoms. The van der Waals surface area contributed by atoms with E-state index in [9.17, 15) is 22.8 Å². The summed E-state index contributed by atoms with van der Waals surface area (Å²) in [7, 11) is 0. The molecular weight excluding hydrogens is 237 g/mol. The standard InChI is InChI=1S/C10H5F3N2O2/c11-10(12,13)8-2-1-5(9(15)17)6(3-14)7(8)4-16/h1-2,4H,(H2,15,17). The third-order valence-corrected chi connectivity index (χ3v) is 2.05. The van der Waals surface area contributed by atoms with Crippen LogP contribution in [0.5, 0.6) is 0 Å². The predicted octanol–water partition coefficient (Wildman–Crippen LogP) is 1.49. The van der Waals surface area contributed by atoms with E-state index in [1.54, 1.807) is 0 Å². The van der Waals surface area contributed by atoms with Gasteiger partial charge in [0, 0.05) is 5.56 Å². The molecule has 0 unspecified atom stereocenters. The summed E-state index contributed by atoms with van der Waals surface area (Å²) in [4.78, 5) is 21.5. The molecule has 1 aromatic rings. The van der Waals surface area contributed by atoms with Gasteiger partial charge in [-0.2, -0.15) is 18.4 Å². The molecule has 0 aliphatic carbocycles. The number of alkyl halides is 3. The number of carbonyl (C=O) groups excluding carboxylic acids is 2. The van der Waals surface area contributed by atoms with Gasteiger partial charge in [-0.15, -0.1) is 0 Å². The fraction of sp³-hybridized carbons (Fsp3) is 0.100. The highest BCUT2D eigenvalue weighted by molar-refractivity contribution is 5.98. The first-order valence-corrected chi connectivity index (χ1v) is 4.22. The lowest BCUT2D eigenvalue weighted by Gasteiger charge is -2.11. The number of primary amides is 1. The van der Waals surface area contributed by atoms with Crippen LogP contribution >= 0.6 is 0 Å². The molecule has 0 saturated heterocycles. The van der Waals surface area contributed by atoms with Crippen molar-refractivity contribution in [2.24, 2.45) is 5.73 Å². The predicted molar refractivity (Wildman–Crippen MR) is 50.1 cm³/mol. The van der Waals surface area contributed by atoms with Crippen LogP contribution in [0.1, 0.15) is 31.8 Å². The summed E-state index contributed by atoms with van der Waals surface area (Å²) < 4.78 is 37.5. The molecule has 0 heterocycles. The van der Waals surface area contributed by atoms with Crippen LogP contribution in [-0.4, -0.2) is 12.2 Å². The van der Waals surface area contributed by atoms with Crippen molar-refractivity contribution in [3.8, 4) is 6.07 Å². The third kappa shape index (κ3) is 2.25. The Bertz CT molecular complexity index is 530. The molecule has 0 bridgehead atoms. The van der Waals surface area contributed by atoms with Crippen LogP contribution in [0.15, 0.2) is 12.1 Å². The first-order chi connectivity index (χ1) is 7.82. The van der Waals surface area contributed by atoms with E-state index in [0.29, 0.717) is 6.07 Å². The molecule has 0 radical (unpaired) electrons. The van der Waals surface area contributed by atoms with E-state index >= 15 is 0 Å². The van der Waals surface area contributed by atoms with Crippen molar-refractivity contribution >= 4 is 12.2 Å². The average molecular weight is 242 g/mol. The molecule has 4 nitrogen and oxygen atoms in total. The number of amides is 1. The van der Waals surface area contributed by atoms with Gasteiger partial charge in [0.1, 0.15) is 6.07 Å². The van der Waals surface area contributed by atoms with Gasteiger partial charge in [-0.3, -0.25) is 9.59 Å². The molecule has 2 N–H and O–H groups in total. The zero-order valence-electron chi connectivity index (χ0n) is 8.21. The Morgan fingerprint density at radius 2 is 2.00 bits per heavy atom. The van der Waals surface area contributed by atoms with E-state index in [4.69, 9.17) is 11.0 Å². The van der Waals surface area contributed by atoms with E-state index in [0.717, 1.165) is 6.07 Å².